The number of halogens is 1. The van der Waals surface area contributed by atoms with E-state index in [0.29, 0.717) is 41.7 Å². The molecular formula is C25H31FN6O2. The van der Waals surface area contributed by atoms with E-state index in [1.54, 1.807) is 18.3 Å². The molecule has 0 spiro atoms. The van der Waals surface area contributed by atoms with E-state index < -0.39 is 11.4 Å². The van der Waals surface area contributed by atoms with E-state index in [2.05, 4.69) is 32.1 Å². The van der Waals surface area contributed by atoms with E-state index in [1.165, 1.54) is 6.20 Å². The summed E-state index contributed by atoms with van der Waals surface area (Å²) in [6.45, 7) is 6.49. The number of nitrogens with one attached hydrogen (secondary N) is 1. The molecular weight excluding hydrogens is 435 g/mol. The van der Waals surface area contributed by atoms with Gasteiger partial charge in [-0.3, -0.25) is 0 Å². The van der Waals surface area contributed by atoms with Gasteiger partial charge < -0.3 is 25.0 Å². The number of hydrogen-bond acceptors (Lipinski definition) is 8. The Bertz CT molecular complexity index is 1160. The smallest absolute Gasteiger partial charge is 0.165 e. The number of aliphatic hydroxyl groups is 1. The molecule has 8 nitrogen and oxygen atoms in total. The molecule has 2 aliphatic heterocycles. The molecule has 0 amide bonds. The van der Waals surface area contributed by atoms with Crippen LogP contribution in [0.25, 0.3) is 10.9 Å². The van der Waals surface area contributed by atoms with E-state index in [0.717, 1.165) is 44.4 Å². The SMILES string of the molecule is CN1CCC(C(C)(O)c2ccc3cnc(Nc4cc(N5CCOCC5)ncc4F)cc3n2)CC1. The number of hydrogen-bond donors (Lipinski definition) is 2. The van der Waals surface area contributed by atoms with Gasteiger partial charge in [0.15, 0.2) is 5.82 Å². The predicted octanol–water partition coefficient (Wildman–Crippen LogP) is 3.29. The molecule has 5 rings (SSSR count). The van der Waals surface area contributed by atoms with Gasteiger partial charge in [-0.2, -0.15) is 0 Å². The van der Waals surface area contributed by atoms with Crippen LogP contribution in [0, 0.1) is 11.7 Å². The largest absolute Gasteiger partial charge is 0.384 e. The van der Waals surface area contributed by atoms with Crippen molar-refractivity contribution in [1.29, 1.82) is 0 Å². The van der Waals surface area contributed by atoms with Gasteiger partial charge in [-0.15, -0.1) is 0 Å². The van der Waals surface area contributed by atoms with Crippen LogP contribution in [0.3, 0.4) is 0 Å². The van der Waals surface area contributed by atoms with Crippen LogP contribution in [0.4, 0.5) is 21.7 Å². The molecule has 2 aliphatic rings. The lowest BCUT2D eigenvalue weighted by Crippen LogP contribution is -2.41. The summed E-state index contributed by atoms with van der Waals surface area (Å²) < 4.78 is 19.9. The third-order valence-electron chi connectivity index (χ3n) is 7.04. The summed E-state index contributed by atoms with van der Waals surface area (Å²) in [5, 5.41) is 15.3. The van der Waals surface area contributed by atoms with Crippen LogP contribution in [0.1, 0.15) is 25.5 Å². The number of pyridine rings is 3. The van der Waals surface area contributed by atoms with E-state index >= 15 is 0 Å². The Labute approximate surface area is 198 Å². The highest BCUT2D eigenvalue weighted by molar-refractivity contribution is 5.81. The van der Waals surface area contributed by atoms with Crippen LogP contribution in [0.2, 0.25) is 0 Å². The monoisotopic (exact) mass is 466 g/mol. The summed E-state index contributed by atoms with van der Waals surface area (Å²) in [5.74, 6) is 0.875. The van der Waals surface area contributed by atoms with Gasteiger partial charge in [0.2, 0.25) is 0 Å². The number of aromatic nitrogens is 3. The maximum atomic E-state index is 14.5. The zero-order chi connectivity index (χ0) is 23.7. The van der Waals surface area contributed by atoms with Crippen LogP contribution in [-0.4, -0.2) is 71.4 Å². The minimum atomic E-state index is -1.02. The molecule has 1 atom stereocenters. The van der Waals surface area contributed by atoms with Crippen LogP contribution >= 0.6 is 0 Å². The molecule has 3 aromatic heterocycles. The number of piperidine rings is 1. The fraction of sp³-hybridized carbons (Fsp3) is 0.480. The number of likely N-dealkylation sites (tertiary alicyclic amines) is 1. The summed E-state index contributed by atoms with van der Waals surface area (Å²) in [7, 11) is 2.11. The number of fused-ring (bicyclic) bond motifs is 1. The molecule has 34 heavy (non-hydrogen) atoms. The van der Waals surface area contributed by atoms with Crippen LogP contribution in [0.5, 0.6) is 0 Å². The average molecular weight is 467 g/mol. The van der Waals surface area contributed by atoms with Crippen molar-refractivity contribution in [1.82, 2.24) is 19.9 Å². The van der Waals surface area contributed by atoms with Gasteiger partial charge in [0, 0.05) is 36.8 Å². The Morgan fingerprint density at radius 3 is 2.62 bits per heavy atom. The summed E-state index contributed by atoms with van der Waals surface area (Å²) in [4.78, 5) is 17.8. The molecule has 180 valence electrons. The summed E-state index contributed by atoms with van der Waals surface area (Å²) in [6.07, 6.45) is 4.79. The minimum absolute atomic E-state index is 0.151. The normalized spacial score (nSPS) is 19.8. The number of nitrogens with zero attached hydrogens (tertiary/aromatic N) is 5. The van der Waals surface area contributed by atoms with E-state index in [4.69, 9.17) is 9.72 Å². The Kier molecular flexibility index (Phi) is 6.33. The van der Waals surface area contributed by atoms with Crippen molar-refractivity contribution in [2.45, 2.75) is 25.4 Å². The highest BCUT2D eigenvalue weighted by Gasteiger charge is 2.36. The molecule has 0 aliphatic carbocycles. The molecule has 5 heterocycles. The van der Waals surface area contributed by atoms with Gasteiger partial charge in [0.1, 0.15) is 17.2 Å². The summed E-state index contributed by atoms with van der Waals surface area (Å²) >= 11 is 0. The fourth-order valence-corrected chi connectivity index (χ4v) is 4.77. The maximum absolute atomic E-state index is 14.5. The van der Waals surface area contributed by atoms with Crippen molar-refractivity contribution >= 4 is 28.2 Å². The second kappa shape index (κ2) is 9.40. The first kappa shape index (κ1) is 22.9. The lowest BCUT2D eigenvalue weighted by molar-refractivity contribution is -0.0334. The number of rotatable bonds is 5. The first-order valence-corrected chi connectivity index (χ1v) is 11.8. The summed E-state index contributed by atoms with van der Waals surface area (Å²) in [6, 6.07) is 7.30. The van der Waals surface area contributed by atoms with Gasteiger partial charge >= 0.3 is 0 Å². The van der Waals surface area contributed by atoms with E-state index in [-0.39, 0.29) is 5.92 Å². The standard InChI is InChI=1S/C25H31FN6O2/c1-25(33,18-5-7-31(2)8-6-18)22-4-3-17-15-27-23(13-20(17)29-22)30-21-14-24(28-16-19(21)26)32-9-11-34-12-10-32/h3-4,13-16,18,33H,5-12H2,1-2H3,(H,27,28,30). The molecule has 2 saturated heterocycles. The van der Waals surface area contributed by atoms with Crippen molar-refractivity contribution in [2.24, 2.45) is 5.92 Å². The van der Waals surface area contributed by atoms with Crippen molar-refractivity contribution in [2.75, 3.05) is 56.7 Å². The van der Waals surface area contributed by atoms with Gasteiger partial charge in [0.05, 0.1) is 36.3 Å². The molecule has 2 fully saturated rings. The molecule has 2 N–H and O–H groups in total. The van der Waals surface area contributed by atoms with E-state index in [1.807, 2.05) is 19.1 Å². The van der Waals surface area contributed by atoms with Gasteiger partial charge in [0.25, 0.3) is 0 Å². The third kappa shape index (κ3) is 4.68. The van der Waals surface area contributed by atoms with Crippen molar-refractivity contribution < 1.29 is 14.2 Å². The lowest BCUT2D eigenvalue weighted by Gasteiger charge is -2.38. The number of ether oxygens (including phenoxy) is 1. The average Bonchev–Trinajstić information content (AvgIpc) is 2.86. The van der Waals surface area contributed by atoms with Gasteiger partial charge in [-0.1, -0.05) is 0 Å². The predicted molar refractivity (Wildman–Crippen MR) is 130 cm³/mol. The van der Waals surface area contributed by atoms with E-state index in [9.17, 15) is 9.50 Å². The molecule has 0 saturated carbocycles. The second-order valence-corrected chi connectivity index (χ2v) is 9.43. The van der Waals surface area contributed by atoms with Crippen molar-refractivity contribution in [3.63, 3.8) is 0 Å². The van der Waals surface area contributed by atoms with Crippen LogP contribution in [-0.2, 0) is 10.3 Å². The maximum Gasteiger partial charge on any atom is 0.165 e. The summed E-state index contributed by atoms with van der Waals surface area (Å²) in [5.41, 5.74) is 0.636. The van der Waals surface area contributed by atoms with Crippen molar-refractivity contribution in [3.8, 4) is 0 Å². The van der Waals surface area contributed by atoms with Crippen LogP contribution < -0.4 is 10.2 Å². The topological polar surface area (TPSA) is 86.6 Å². The molecule has 9 heteroatoms. The van der Waals surface area contributed by atoms with Gasteiger partial charge in [-0.05, 0) is 58.0 Å². The first-order valence-electron chi connectivity index (χ1n) is 11.8. The molecule has 1 unspecified atom stereocenters. The Morgan fingerprint density at radius 2 is 1.85 bits per heavy atom. The number of anilines is 3. The number of morpholine rings is 1. The Balaban J connectivity index is 1.40. The molecule has 0 bridgehead atoms. The molecule has 0 radical (unpaired) electrons. The van der Waals surface area contributed by atoms with Crippen molar-refractivity contribution in [3.05, 3.63) is 48.2 Å². The second-order valence-electron chi connectivity index (χ2n) is 9.43. The third-order valence-corrected chi connectivity index (χ3v) is 7.04. The Hall–Kier alpha value is -2.88. The zero-order valence-corrected chi connectivity index (χ0v) is 19.7. The van der Waals surface area contributed by atoms with Gasteiger partial charge in [-0.25, -0.2) is 19.3 Å². The zero-order valence-electron chi connectivity index (χ0n) is 19.7. The Morgan fingerprint density at radius 1 is 1.09 bits per heavy atom. The fourth-order valence-electron chi connectivity index (χ4n) is 4.77. The highest BCUT2D eigenvalue weighted by atomic mass is 19.1. The minimum Gasteiger partial charge on any atom is -0.384 e. The quantitative estimate of drug-likeness (QED) is 0.593. The highest BCUT2D eigenvalue weighted by Crippen LogP contribution is 2.36. The van der Waals surface area contributed by atoms with Crippen LogP contribution in [0.15, 0.2) is 36.7 Å². The molecule has 0 aromatic carbocycles. The lowest BCUT2D eigenvalue weighted by atomic mass is 9.79. The first-order chi connectivity index (χ1) is 16.4. The molecule has 3 aromatic rings.